The van der Waals surface area contributed by atoms with Crippen molar-refractivity contribution in [1.29, 1.82) is 0 Å². The minimum absolute atomic E-state index is 0.0806. The Balaban J connectivity index is 1.38. The van der Waals surface area contributed by atoms with Gasteiger partial charge in [0.1, 0.15) is 11.9 Å². The first kappa shape index (κ1) is 20.1. The van der Waals surface area contributed by atoms with Crippen LogP contribution in [0, 0.1) is 5.82 Å². The van der Waals surface area contributed by atoms with Crippen molar-refractivity contribution in [2.24, 2.45) is 0 Å². The van der Waals surface area contributed by atoms with Crippen molar-refractivity contribution in [1.82, 2.24) is 9.97 Å². The molecule has 1 saturated heterocycles. The van der Waals surface area contributed by atoms with Crippen LogP contribution >= 0.6 is 11.6 Å². The fraction of sp³-hybridized carbons (Fsp3) is 0.227. The second-order valence-corrected chi connectivity index (χ2v) is 7.38. The lowest BCUT2D eigenvalue weighted by molar-refractivity contribution is 0.0988. The molecular formula is C22H20ClFN4O2. The van der Waals surface area contributed by atoms with Crippen molar-refractivity contribution in [3.8, 4) is 5.75 Å². The van der Waals surface area contributed by atoms with E-state index in [9.17, 15) is 9.18 Å². The molecule has 8 heteroatoms. The molecule has 1 fully saturated rings. The van der Waals surface area contributed by atoms with E-state index in [2.05, 4.69) is 15.3 Å². The zero-order valence-corrected chi connectivity index (χ0v) is 17.1. The van der Waals surface area contributed by atoms with E-state index in [-0.39, 0.29) is 17.6 Å². The predicted molar refractivity (Wildman–Crippen MR) is 114 cm³/mol. The van der Waals surface area contributed by atoms with Crippen molar-refractivity contribution in [2.45, 2.75) is 19.4 Å². The van der Waals surface area contributed by atoms with E-state index in [0.29, 0.717) is 36.0 Å². The highest BCUT2D eigenvalue weighted by molar-refractivity contribution is 6.30. The van der Waals surface area contributed by atoms with Gasteiger partial charge in [0.05, 0.1) is 13.1 Å². The summed E-state index contributed by atoms with van der Waals surface area (Å²) >= 11 is 5.77. The molecule has 30 heavy (non-hydrogen) atoms. The molecule has 0 atom stereocenters. The number of ether oxygens (including phenoxy) is 1. The van der Waals surface area contributed by atoms with E-state index in [1.807, 2.05) is 24.0 Å². The molecule has 0 unspecified atom stereocenters. The van der Waals surface area contributed by atoms with Crippen LogP contribution in [0.2, 0.25) is 5.02 Å². The Hall–Kier alpha value is -3.19. The molecule has 4 rings (SSSR count). The van der Waals surface area contributed by atoms with E-state index in [4.69, 9.17) is 16.3 Å². The number of hydrogen-bond donors (Lipinski definition) is 1. The number of nitrogens with zero attached hydrogens (tertiary/aromatic N) is 3. The summed E-state index contributed by atoms with van der Waals surface area (Å²) < 4.78 is 19.6. The molecule has 154 valence electrons. The fourth-order valence-electron chi connectivity index (χ4n) is 3.14. The zero-order chi connectivity index (χ0) is 21.1. The first-order valence-corrected chi connectivity index (χ1v) is 9.99. The van der Waals surface area contributed by atoms with E-state index < -0.39 is 5.82 Å². The molecule has 1 aliphatic heterocycles. The second kappa shape index (κ2) is 8.67. The SMILES string of the molecule is CCC(=O)c1cccc(Nc2nccc(N3CC(Oc4ccc(Cl)cc4F)C3)n2)c1. The summed E-state index contributed by atoms with van der Waals surface area (Å²) in [4.78, 5) is 22.7. The lowest BCUT2D eigenvalue weighted by atomic mass is 10.1. The van der Waals surface area contributed by atoms with Crippen LogP contribution in [-0.2, 0) is 0 Å². The Labute approximate surface area is 178 Å². The van der Waals surface area contributed by atoms with Gasteiger partial charge in [-0.1, -0.05) is 30.7 Å². The summed E-state index contributed by atoms with van der Waals surface area (Å²) in [7, 11) is 0. The van der Waals surface area contributed by atoms with E-state index in [1.54, 1.807) is 30.5 Å². The smallest absolute Gasteiger partial charge is 0.229 e. The monoisotopic (exact) mass is 426 g/mol. The Morgan fingerprint density at radius 1 is 1.27 bits per heavy atom. The number of carbonyl (C=O) groups is 1. The van der Waals surface area contributed by atoms with E-state index >= 15 is 0 Å². The number of hydrogen-bond acceptors (Lipinski definition) is 6. The predicted octanol–water partition coefficient (Wildman–Crippen LogP) is 4.87. The van der Waals surface area contributed by atoms with Crippen LogP contribution in [0.15, 0.2) is 54.7 Å². The van der Waals surface area contributed by atoms with Gasteiger partial charge in [-0.25, -0.2) is 9.37 Å². The third kappa shape index (κ3) is 4.52. The van der Waals surface area contributed by atoms with Gasteiger partial charge in [-0.3, -0.25) is 4.79 Å². The van der Waals surface area contributed by atoms with Gasteiger partial charge in [-0.2, -0.15) is 4.98 Å². The Bertz CT molecular complexity index is 1070. The number of benzene rings is 2. The van der Waals surface area contributed by atoms with Crippen LogP contribution in [0.5, 0.6) is 5.75 Å². The number of carbonyl (C=O) groups excluding carboxylic acids is 1. The molecule has 2 aromatic carbocycles. The summed E-state index contributed by atoms with van der Waals surface area (Å²) in [6, 6.07) is 13.4. The second-order valence-electron chi connectivity index (χ2n) is 6.94. The van der Waals surface area contributed by atoms with Crippen LogP contribution in [0.1, 0.15) is 23.7 Å². The van der Waals surface area contributed by atoms with Crippen molar-refractivity contribution >= 4 is 34.8 Å². The van der Waals surface area contributed by atoms with E-state index in [1.165, 1.54) is 12.1 Å². The highest BCUT2D eigenvalue weighted by atomic mass is 35.5. The van der Waals surface area contributed by atoms with Gasteiger partial charge in [0.15, 0.2) is 17.3 Å². The largest absolute Gasteiger partial charge is 0.484 e. The van der Waals surface area contributed by atoms with Crippen molar-refractivity contribution in [2.75, 3.05) is 23.3 Å². The Morgan fingerprint density at radius 2 is 2.10 bits per heavy atom. The summed E-state index contributed by atoms with van der Waals surface area (Å²) in [5.41, 5.74) is 1.39. The average molecular weight is 427 g/mol. The first-order chi connectivity index (χ1) is 14.5. The number of halogens is 2. The maximum atomic E-state index is 13.9. The van der Waals surface area contributed by atoms with Crippen LogP contribution < -0.4 is 15.0 Å². The van der Waals surface area contributed by atoms with Gasteiger partial charge in [0.2, 0.25) is 5.95 Å². The number of nitrogens with one attached hydrogen (secondary N) is 1. The Kier molecular flexibility index (Phi) is 5.81. The molecule has 6 nitrogen and oxygen atoms in total. The number of anilines is 3. The van der Waals surface area contributed by atoms with Gasteiger partial charge >= 0.3 is 0 Å². The average Bonchev–Trinajstić information content (AvgIpc) is 2.71. The molecular weight excluding hydrogens is 407 g/mol. The molecule has 0 saturated carbocycles. The summed E-state index contributed by atoms with van der Waals surface area (Å²) in [5.74, 6) is 0.970. The first-order valence-electron chi connectivity index (χ1n) is 9.62. The van der Waals surface area contributed by atoms with Gasteiger partial charge in [-0.15, -0.1) is 0 Å². The van der Waals surface area contributed by atoms with Crippen molar-refractivity contribution in [3.05, 3.63) is 71.1 Å². The number of ketones is 1. The van der Waals surface area contributed by atoms with Crippen LogP contribution in [0.25, 0.3) is 0 Å². The van der Waals surface area contributed by atoms with Gasteiger partial charge in [0.25, 0.3) is 0 Å². The Morgan fingerprint density at radius 3 is 2.87 bits per heavy atom. The van der Waals surface area contributed by atoms with E-state index in [0.717, 1.165) is 11.5 Å². The van der Waals surface area contributed by atoms with Gasteiger partial charge in [-0.05, 0) is 36.4 Å². The highest BCUT2D eigenvalue weighted by Gasteiger charge is 2.30. The molecule has 0 bridgehead atoms. The topological polar surface area (TPSA) is 67.4 Å². The summed E-state index contributed by atoms with van der Waals surface area (Å²) in [5, 5.41) is 3.47. The zero-order valence-electron chi connectivity index (χ0n) is 16.3. The number of Topliss-reactive ketones (excluding diaryl/α,β-unsaturated/α-hetero) is 1. The van der Waals surface area contributed by atoms with Crippen LogP contribution in [0.3, 0.4) is 0 Å². The van der Waals surface area contributed by atoms with Gasteiger partial charge in [0, 0.05) is 28.9 Å². The van der Waals surface area contributed by atoms with Crippen LogP contribution in [-0.4, -0.2) is 34.9 Å². The molecule has 1 N–H and O–H groups in total. The minimum Gasteiger partial charge on any atom is -0.484 e. The lowest BCUT2D eigenvalue weighted by Gasteiger charge is -2.39. The fourth-order valence-corrected chi connectivity index (χ4v) is 3.30. The highest BCUT2D eigenvalue weighted by Crippen LogP contribution is 2.27. The molecule has 1 aliphatic rings. The summed E-state index contributed by atoms with van der Waals surface area (Å²) in [6.45, 7) is 3.00. The quantitative estimate of drug-likeness (QED) is 0.543. The third-order valence-electron chi connectivity index (χ3n) is 4.76. The molecule has 0 amide bonds. The standard InChI is InChI=1S/C22H20ClFN4O2/c1-2-19(29)14-4-3-5-16(10-14)26-22-25-9-8-21(27-22)28-12-17(13-28)30-20-7-6-15(23)11-18(20)24/h3-11,17H,2,12-13H2,1H3,(H,25,26,27). The maximum Gasteiger partial charge on any atom is 0.229 e. The molecule has 3 aromatic rings. The maximum absolute atomic E-state index is 13.9. The van der Waals surface area contributed by atoms with Crippen molar-refractivity contribution < 1.29 is 13.9 Å². The van der Waals surface area contributed by atoms with Gasteiger partial charge < -0.3 is 15.0 Å². The summed E-state index contributed by atoms with van der Waals surface area (Å²) in [6.07, 6.45) is 1.98. The number of aromatic nitrogens is 2. The third-order valence-corrected chi connectivity index (χ3v) is 5.00. The molecule has 2 heterocycles. The minimum atomic E-state index is -0.474. The molecule has 0 spiro atoms. The molecule has 0 radical (unpaired) electrons. The number of rotatable bonds is 7. The van der Waals surface area contributed by atoms with Crippen LogP contribution in [0.4, 0.5) is 21.8 Å². The molecule has 1 aromatic heterocycles. The van der Waals surface area contributed by atoms with Crippen molar-refractivity contribution in [3.63, 3.8) is 0 Å². The normalized spacial score (nSPS) is 13.6. The lowest BCUT2D eigenvalue weighted by Crippen LogP contribution is -2.54. The molecule has 0 aliphatic carbocycles.